The van der Waals surface area contributed by atoms with Crippen molar-refractivity contribution < 1.29 is 0 Å². The van der Waals surface area contributed by atoms with Gasteiger partial charge in [0.15, 0.2) is 0 Å². The quantitative estimate of drug-likeness (QED) is 0.450. The summed E-state index contributed by atoms with van der Waals surface area (Å²) in [4.78, 5) is 0. The number of unbranched alkanes of at least 4 members (excludes halogenated alkanes) is 1. The van der Waals surface area contributed by atoms with E-state index in [9.17, 15) is 0 Å². The fraction of sp³-hybridized carbons (Fsp3) is 0.500. The average molecular weight is 125 g/mol. The molecule has 0 radical (unpaired) electrons. The largest absolute Gasteiger partial charge is 0.327 e. The molecule has 0 spiro atoms. The maximum atomic E-state index is 5.36. The fourth-order valence-electron chi connectivity index (χ4n) is 0.531. The smallest absolute Gasteiger partial charge is 0.0134 e. The Balaban J connectivity index is 3.31. The van der Waals surface area contributed by atoms with Crippen molar-refractivity contribution in [3.63, 3.8) is 0 Å². The van der Waals surface area contributed by atoms with Gasteiger partial charge in [0, 0.05) is 6.54 Å². The Labute approximate surface area is 57.3 Å². The lowest BCUT2D eigenvalue weighted by Gasteiger charge is -1.92. The summed E-state index contributed by atoms with van der Waals surface area (Å²) in [7, 11) is 0. The molecule has 0 aromatic carbocycles. The van der Waals surface area contributed by atoms with Crippen molar-refractivity contribution in [2.75, 3.05) is 6.54 Å². The third kappa shape index (κ3) is 5.31. The molecule has 0 aromatic rings. The van der Waals surface area contributed by atoms with Crippen molar-refractivity contribution in [2.24, 2.45) is 5.73 Å². The monoisotopic (exact) mass is 125 g/mol. The second kappa shape index (κ2) is 5.57. The van der Waals surface area contributed by atoms with Gasteiger partial charge in [-0.3, -0.25) is 0 Å². The van der Waals surface area contributed by atoms with Gasteiger partial charge in [0.1, 0.15) is 0 Å². The van der Waals surface area contributed by atoms with Gasteiger partial charge in [-0.2, -0.15) is 0 Å². The van der Waals surface area contributed by atoms with E-state index < -0.39 is 0 Å². The zero-order valence-electron chi connectivity index (χ0n) is 6.06. The Morgan fingerprint density at radius 3 is 2.67 bits per heavy atom. The SMILES string of the molecule is C=CCC/C=C(/C)CN. The maximum Gasteiger partial charge on any atom is 0.0134 e. The molecule has 0 aromatic heterocycles. The molecule has 0 saturated heterocycles. The van der Waals surface area contributed by atoms with E-state index in [2.05, 4.69) is 12.7 Å². The minimum atomic E-state index is 0.678. The van der Waals surface area contributed by atoms with E-state index in [0.717, 1.165) is 12.8 Å². The van der Waals surface area contributed by atoms with E-state index in [0.29, 0.717) is 6.54 Å². The van der Waals surface area contributed by atoms with Crippen LogP contribution in [0, 0.1) is 0 Å². The minimum absolute atomic E-state index is 0.678. The first-order valence-electron chi connectivity index (χ1n) is 3.28. The normalized spacial score (nSPS) is 11.6. The van der Waals surface area contributed by atoms with Crippen LogP contribution in [0.4, 0.5) is 0 Å². The summed E-state index contributed by atoms with van der Waals surface area (Å²) in [5.41, 5.74) is 6.62. The van der Waals surface area contributed by atoms with Crippen LogP contribution < -0.4 is 5.73 Å². The molecule has 1 nitrogen and oxygen atoms in total. The van der Waals surface area contributed by atoms with Crippen LogP contribution in [0.15, 0.2) is 24.3 Å². The topological polar surface area (TPSA) is 26.0 Å². The maximum absolute atomic E-state index is 5.36. The number of rotatable bonds is 4. The molecular formula is C8H15N. The molecule has 52 valence electrons. The highest BCUT2D eigenvalue weighted by molar-refractivity contribution is 4.99. The first kappa shape index (κ1) is 8.44. The lowest BCUT2D eigenvalue weighted by molar-refractivity contribution is 1.01. The number of hydrogen-bond acceptors (Lipinski definition) is 1. The standard InChI is InChI=1S/C8H15N/c1-3-4-5-6-8(2)7-9/h3,6H,1,4-5,7,9H2,2H3/b8-6-. The second-order valence-corrected chi connectivity index (χ2v) is 2.12. The van der Waals surface area contributed by atoms with Gasteiger partial charge in [-0.25, -0.2) is 0 Å². The third-order valence-corrected chi connectivity index (χ3v) is 1.19. The molecule has 0 heterocycles. The average Bonchev–Trinajstić information content (AvgIpc) is 1.89. The highest BCUT2D eigenvalue weighted by Gasteiger charge is 1.80. The Morgan fingerprint density at radius 1 is 1.56 bits per heavy atom. The summed E-state index contributed by atoms with van der Waals surface area (Å²) in [6.45, 7) is 6.35. The molecule has 0 aliphatic rings. The zero-order valence-corrected chi connectivity index (χ0v) is 6.06. The number of nitrogens with two attached hydrogens (primary N) is 1. The van der Waals surface area contributed by atoms with Crippen LogP contribution in [0.3, 0.4) is 0 Å². The van der Waals surface area contributed by atoms with Gasteiger partial charge < -0.3 is 5.73 Å². The molecular weight excluding hydrogens is 110 g/mol. The highest BCUT2D eigenvalue weighted by atomic mass is 14.5. The lowest BCUT2D eigenvalue weighted by Crippen LogP contribution is -1.99. The molecule has 2 N–H and O–H groups in total. The molecule has 0 fully saturated rings. The Hall–Kier alpha value is -0.560. The predicted octanol–water partition coefficient (Wildman–Crippen LogP) is 1.86. The molecule has 0 atom stereocenters. The molecule has 9 heavy (non-hydrogen) atoms. The van der Waals surface area contributed by atoms with Crippen LogP contribution in [-0.4, -0.2) is 6.54 Å². The predicted molar refractivity (Wildman–Crippen MR) is 42.2 cm³/mol. The Morgan fingerprint density at radius 2 is 2.22 bits per heavy atom. The van der Waals surface area contributed by atoms with Crippen LogP contribution in [0.5, 0.6) is 0 Å². The molecule has 0 aliphatic heterocycles. The number of allylic oxidation sites excluding steroid dienone is 2. The summed E-state index contributed by atoms with van der Waals surface area (Å²) in [5.74, 6) is 0. The Kier molecular flexibility index (Phi) is 5.23. The van der Waals surface area contributed by atoms with Gasteiger partial charge in [-0.05, 0) is 19.8 Å². The molecule has 0 bridgehead atoms. The molecule has 0 aliphatic carbocycles. The third-order valence-electron chi connectivity index (χ3n) is 1.19. The van der Waals surface area contributed by atoms with Crippen molar-refractivity contribution >= 4 is 0 Å². The van der Waals surface area contributed by atoms with Crippen LogP contribution in [0.2, 0.25) is 0 Å². The van der Waals surface area contributed by atoms with Gasteiger partial charge in [0.25, 0.3) is 0 Å². The summed E-state index contributed by atoms with van der Waals surface area (Å²) in [6.07, 6.45) is 6.20. The molecule has 0 saturated carbocycles. The van der Waals surface area contributed by atoms with Gasteiger partial charge >= 0.3 is 0 Å². The van der Waals surface area contributed by atoms with Crippen molar-refractivity contribution in [1.82, 2.24) is 0 Å². The lowest BCUT2D eigenvalue weighted by atomic mass is 10.2. The summed E-state index contributed by atoms with van der Waals surface area (Å²) in [6, 6.07) is 0. The van der Waals surface area contributed by atoms with Crippen LogP contribution in [0.25, 0.3) is 0 Å². The van der Waals surface area contributed by atoms with E-state index in [1.165, 1.54) is 5.57 Å². The summed E-state index contributed by atoms with van der Waals surface area (Å²) >= 11 is 0. The number of hydrogen-bond donors (Lipinski definition) is 1. The van der Waals surface area contributed by atoms with E-state index >= 15 is 0 Å². The van der Waals surface area contributed by atoms with Gasteiger partial charge in [0.2, 0.25) is 0 Å². The van der Waals surface area contributed by atoms with E-state index in [1.807, 2.05) is 13.0 Å². The van der Waals surface area contributed by atoms with Crippen molar-refractivity contribution in [3.05, 3.63) is 24.3 Å². The molecule has 0 rings (SSSR count). The fourth-order valence-corrected chi connectivity index (χ4v) is 0.531. The first-order valence-corrected chi connectivity index (χ1v) is 3.28. The second-order valence-electron chi connectivity index (χ2n) is 2.12. The highest BCUT2D eigenvalue weighted by Crippen LogP contribution is 1.95. The van der Waals surface area contributed by atoms with Gasteiger partial charge in [0.05, 0.1) is 0 Å². The summed E-state index contributed by atoms with van der Waals surface area (Å²) in [5, 5.41) is 0. The van der Waals surface area contributed by atoms with E-state index in [1.54, 1.807) is 0 Å². The van der Waals surface area contributed by atoms with Crippen molar-refractivity contribution in [2.45, 2.75) is 19.8 Å². The van der Waals surface area contributed by atoms with E-state index in [-0.39, 0.29) is 0 Å². The van der Waals surface area contributed by atoms with Gasteiger partial charge in [-0.1, -0.05) is 17.7 Å². The van der Waals surface area contributed by atoms with Crippen molar-refractivity contribution in [1.29, 1.82) is 0 Å². The van der Waals surface area contributed by atoms with Crippen LogP contribution in [-0.2, 0) is 0 Å². The first-order chi connectivity index (χ1) is 4.31. The molecule has 0 unspecified atom stereocenters. The Bertz CT molecular complexity index is 103. The molecule has 1 heteroatoms. The van der Waals surface area contributed by atoms with Gasteiger partial charge in [-0.15, -0.1) is 6.58 Å². The van der Waals surface area contributed by atoms with Crippen LogP contribution >= 0.6 is 0 Å². The molecule has 0 amide bonds. The van der Waals surface area contributed by atoms with Crippen LogP contribution in [0.1, 0.15) is 19.8 Å². The minimum Gasteiger partial charge on any atom is -0.327 e. The zero-order chi connectivity index (χ0) is 7.11. The van der Waals surface area contributed by atoms with E-state index in [4.69, 9.17) is 5.73 Å². The summed E-state index contributed by atoms with van der Waals surface area (Å²) < 4.78 is 0. The van der Waals surface area contributed by atoms with Crippen molar-refractivity contribution in [3.8, 4) is 0 Å².